The second-order valence-electron chi connectivity index (χ2n) is 17.2. The van der Waals surface area contributed by atoms with Gasteiger partial charge in [-0.25, -0.2) is 4.79 Å². The number of alkyl halides is 3. The molecule has 0 aromatic carbocycles. The number of amides is 1. The molecule has 342 valence electrons. The molecule has 11 heteroatoms. The van der Waals surface area contributed by atoms with Crippen LogP contribution in [-0.4, -0.2) is 86.0 Å². The highest BCUT2D eigenvalue weighted by Gasteiger charge is 2.36. The molecule has 0 N–H and O–H groups in total. The number of likely N-dealkylation sites (tertiary alicyclic amines) is 1. The maximum Gasteiger partial charge on any atom is 0.409 e. The van der Waals surface area contributed by atoms with Crippen molar-refractivity contribution < 1.29 is 41.8 Å². The fourth-order valence-electron chi connectivity index (χ4n) is 7.57. The molecule has 0 saturated carbocycles. The molecule has 0 radical (unpaired) electrons. The van der Waals surface area contributed by atoms with Gasteiger partial charge >= 0.3 is 24.2 Å². The fourth-order valence-corrected chi connectivity index (χ4v) is 7.57. The van der Waals surface area contributed by atoms with E-state index in [1.807, 2.05) is 0 Å². The lowest BCUT2D eigenvalue weighted by Crippen LogP contribution is -2.60. The Morgan fingerprint density at radius 3 is 1.28 bits per heavy atom. The van der Waals surface area contributed by atoms with E-state index in [2.05, 4.69) is 13.8 Å². The van der Waals surface area contributed by atoms with Crippen molar-refractivity contribution in [2.24, 2.45) is 0 Å². The van der Waals surface area contributed by atoms with Gasteiger partial charge in [-0.1, -0.05) is 194 Å². The number of hydrogen-bond donors (Lipinski definition) is 0. The number of likely N-dealkylation sites (N-methyl/N-ethyl adjacent to an activating group) is 1. The minimum absolute atomic E-state index is 0.106. The Morgan fingerprint density at radius 2 is 0.897 bits per heavy atom. The zero-order chi connectivity index (χ0) is 42.5. The van der Waals surface area contributed by atoms with Gasteiger partial charge in [0.25, 0.3) is 0 Å². The molecule has 1 heterocycles. The van der Waals surface area contributed by atoms with Gasteiger partial charge in [-0.3, -0.25) is 14.5 Å². The summed E-state index contributed by atoms with van der Waals surface area (Å²) in [4.78, 5) is 41.1. The molecule has 1 aliphatic rings. The van der Waals surface area contributed by atoms with Gasteiger partial charge in [0, 0.05) is 39.5 Å². The van der Waals surface area contributed by atoms with Crippen LogP contribution in [0.5, 0.6) is 0 Å². The number of nitrogens with zero attached hydrogens (tertiary/aromatic N) is 2. The first-order chi connectivity index (χ1) is 28.1. The molecule has 1 rings (SSSR count). The summed E-state index contributed by atoms with van der Waals surface area (Å²) >= 11 is 0. The van der Waals surface area contributed by atoms with Crippen molar-refractivity contribution in [3.63, 3.8) is 0 Å². The Balaban J connectivity index is 2.31. The fraction of sp³-hybridized carbons (Fsp3) is 0.936. The summed E-state index contributed by atoms with van der Waals surface area (Å²) in [5, 5.41) is 0. The Hall–Kier alpha value is -2.04. The van der Waals surface area contributed by atoms with Crippen molar-refractivity contribution in [1.29, 1.82) is 0 Å². The number of unbranched alkanes of at least 4 members (excludes halogenated alkanes) is 28. The number of carbonyl (C=O) groups excluding carboxylic acids is 3. The highest BCUT2D eigenvalue weighted by atomic mass is 19.4. The lowest BCUT2D eigenvalue weighted by atomic mass is 10.0. The minimum Gasteiger partial charge on any atom is -0.462 e. The zero-order valence-corrected chi connectivity index (χ0v) is 37.5. The van der Waals surface area contributed by atoms with E-state index in [0.29, 0.717) is 19.5 Å². The number of esters is 2. The second kappa shape index (κ2) is 36.8. The third-order valence-corrected chi connectivity index (χ3v) is 11.6. The van der Waals surface area contributed by atoms with Gasteiger partial charge in [0.1, 0.15) is 13.2 Å². The van der Waals surface area contributed by atoms with Crippen LogP contribution < -0.4 is 0 Å². The van der Waals surface area contributed by atoms with Crippen LogP contribution in [-0.2, 0) is 23.8 Å². The third-order valence-electron chi connectivity index (χ3n) is 11.6. The maximum atomic E-state index is 12.8. The van der Waals surface area contributed by atoms with Crippen LogP contribution >= 0.6 is 0 Å². The van der Waals surface area contributed by atoms with Crippen LogP contribution in [0.15, 0.2) is 0 Å². The van der Waals surface area contributed by atoms with Crippen molar-refractivity contribution in [2.45, 2.75) is 244 Å². The van der Waals surface area contributed by atoms with E-state index in [9.17, 15) is 27.6 Å². The summed E-state index contributed by atoms with van der Waals surface area (Å²) in [6, 6.07) is -0.264. The number of halogens is 3. The standard InChI is InChI=1S/C47H87F3N2O6/c1-4-6-8-10-12-14-16-18-20-22-24-26-28-30-32-34-44(53)56-40-43(41-57-46(55)51(3)42-38-52(39-42)37-36-47(48,49)50)58-45(54)35-33-31-29-27-25-23-21-19-17-15-13-11-9-7-5-2/h42-43H,4-41H2,1-3H3. The number of hydrogen-bond acceptors (Lipinski definition) is 7. The number of carbonyl (C=O) groups is 3. The van der Waals surface area contributed by atoms with Crippen molar-refractivity contribution in [3.8, 4) is 0 Å². The smallest absolute Gasteiger partial charge is 0.409 e. The SMILES string of the molecule is CCCCCCCCCCCCCCCCCC(=O)OCC(COC(=O)N(C)C1CN(CCC(F)(F)F)C1)OC(=O)CCCCCCCCCCCCCCCCC. The van der Waals surface area contributed by atoms with E-state index in [1.165, 1.54) is 153 Å². The van der Waals surface area contributed by atoms with Crippen LogP contribution in [0.25, 0.3) is 0 Å². The quantitative estimate of drug-likeness (QED) is 0.0345. The van der Waals surface area contributed by atoms with Gasteiger partial charge in [0.2, 0.25) is 0 Å². The summed E-state index contributed by atoms with van der Waals surface area (Å²) in [5.74, 6) is -0.781. The average Bonchev–Trinajstić information content (AvgIpc) is 3.17. The van der Waals surface area contributed by atoms with Gasteiger partial charge < -0.3 is 19.1 Å². The molecule has 0 bridgehead atoms. The highest BCUT2D eigenvalue weighted by molar-refractivity contribution is 5.70. The van der Waals surface area contributed by atoms with Crippen LogP contribution in [0, 0.1) is 0 Å². The molecule has 0 aromatic rings. The molecule has 1 saturated heterocycles. The Morgan fingerprint density at radius 1 is 0.552 bits per heavy atom. The van der Waals surface area contributed by atoms with E-state index < -0.39 is 30.8 Å². The first-order valence-electron chi connectivity index (χ1n) is 24.1. The van der Waals surface area contributed by atoms with Crippen LogP contribution in [0.3, 0.4) is 0 Å². The monoisotopic (exact) mass is 833 g/mol. The van der Waals surface area contributed by atoms with Crippen molar-refractivity contribution in [1.82, 2.24) is 9.80 Å². The molecule has 0 spiro atoms. The minimum atomic E-state index is -4.22. The summed E-state index contributed by atoms with van der Waals surface area (Å²) in [6.07, 6.45) is 30.9. The van der Waals surface area contributed by atoms with Gasteiger partial charge in [0.05, 0.1) is 12.5 Å². The average molecular weight is 833 g/mol. The first kappa shape index (κ1) is 54.0. The van der Waals surface area contributed by atoms with Gasteiger partial charge in [-0.2, -0.15) is 13.2 Å². The lowest BCUT2D eigenvalue weighted by Gasteiger charge is -2.43. The molecule has 1 fully saturated rings. The lowest BCUT2D eigenvalue weighted by molar-refractivity contribution is -0.161. The molecule has 1 aliphatic heterocycles. The molecule has 1 amide bonds. The predicted octanol–water partition coefficient (Wildman–Crippen LogP) is 13.7. The third kappa shape index (κ3) is 32.8. The topological polar surface area (TPSA) is 85.4 Å². The summed E-state index contributed by atoms with van der Waals surface area (Å²) < 4.78 is 54.3. The number of ether oxygens (including phenoxy) is 3. The van der Waals surface area contributed by atoms with Gasteiger partial charge in [-0.15, -0.1) is 0 Å². The van der Waals surface area contributed by atoms with Crippen LogP contribution in [0.1, 0.15) is 226 Å². The Labute approximate surface area is 352 Å². The molecular formula is C47H87F3N2O6. The first-order valence-corrected chi connectivity index (χ1v) is 24.1. The summed E-state index contributed by atoms with van der Waals surface area (Å²) in [6.45, 7) is 4.59. The van der Waals surface area contributed by atoms with E-state index in [0.717, 1.165) is 38.5 Å². The van der Waals surface area contributed by atoms with Crippen molar-refractivity contribution >= 4 is 18.0 Å². The molecule has 1 unspecified atom stereocenters. The van der Waals surface area contributed by atoms with Gasteiger partial charge in [-0.05, 0) is 12.8 Å². The van der Waals surface area contributed by atoms with Crippen molar-refractivity contribution in [2.75, 3.05) is 39.9 Å². The highest BCUT2D eigenvalue weighted by Crippen LogP contribution is 2.23. The second-order valence-corrected chi connectivity index (χ2v) is 17.2. The normalized spacial score (nSPS) is 14.0. The zero-order valence-electron chi connectivity index (χ0n) is 37.5. The van der Waals surface area contributed by atoms with Gasteiger partial charge in [0.15, 0.2) is 6.10 Å². The van der Waals surface area contributed by atoms with Crippen LogP contribution in [0.2, 0.25) is 0 Å². The predicted molar refractivity (Wildman–Crippen MR) is 230 cm³/mol. The van der Waals surface area contributed by atoms with E-state index >= 15 is 0 Å². The summed E-state index contributed by atoms with van der Waals surface area (Å²) in [7, 11) is 1.54. The molecule has 0 aromatic heterocycles. The molecule has 1 atom stereocenters. The molecule has 8 nitrogen and oxygen atoms in total. The van der Waals surface area contributed by atoms with E-state index in [-0.39, 0.29) is 44.6 Å². The Bertz CT molecular complexity index is 994. The summed E-state index contributed by atoms with van der Waals surface area (Å²) in [5.41, 5.74) is 0. The van der Waals surface area contributed by atoms with Crippen molar-refractivity contribution in [3.05, 3.63) is 0 Å². The molecular weight excluding hydrogens is 746 g/mol. The van der Waals surface area contributed by atoms with E-state index in [1.54, 1.807) is 11.9 Å². The number of rotatable bonds is 40. The maximum absolute atomic E-state index is 12.8. The van der Waals surface area contributed by atoms with E-state index in [4.69, 9.17) is 14.2 Å². The largest absolute Gasteiger partial charge is 0.462 e. The molecule has 58 heavy (non-hydrogen) atoms. The Kier molecular flexibility index (Phi) is 34.2. The molecule has 0 aliphatic carbocycles. The van der Waals surface area contributed by atoms with Crippen LogP contribution in [0.4, 0.5) is 18.0 Å².